The molecule has 1 fully saturated rings. The Morgan fingerprint density at radius 1 is 1.27 bits per heavy atom. The monoisotopic (exact) mass is 360 g/mol. The summed E-state index contributed by atoms with van der Waals surface area (Å²) >= 11 is 0. The molecule has 0 spiro atoms. The summed E-state index contributed by atoms with van der Waals surface area (Å²) < 4.78 is 5.50. The lowest BCUT2D eigenvalue weighted by Gasteiger charge is -2.49. The van der Waals surface area contributed by atoms with E-state index in [4.69, 9.17) is 4.74 Å². The van der Waals surface area contributed by atoms with E-state index in [-0.39, 0.29) is 46.5 Å². The Hall–Kier alpha value is -2.01. The van der Waals surface area contributed by atoms with E-state index < -0.39 is 11.0 Å². The van der Waals surface area contributed by atoms with Crippen LogP contribution in [0.3, 0.4) is 0 Å². The van der Waals surface area contributed by atoms with E-state index in [1.165, 1.54) is 21.0 Å². The first-order chi connectivity index (χ1) is 11.9. The summed E-state index contributed by atoms with van der Waals surface area (Å²) in [4.78, 5) is 13.0. The molecule has 0 aliphatic heterocycles. The lowest BCUT2D eigenvalue weighted by molar-refractivity contribution is 0.0711. The number of fused-ring (bicyclic) bond motifs is 3. The minimum absolute atomic E-state index is 0.0630. The number of rotatable bonds is 2. The van der Waals surface area contributed by atoms with Crippen molar-refractivity contribution in [1.82, 2.24) is 0 Å². The predicted molar refractivity (Wildman–Crippen MR) is 98.9 cm³/mol. The normalized spacial score (nSPS) is 28.5. The first kappa shape index (κ1) is 18.8. The molecule has 1 aromatic carbocycles. The third-order valence-corrected chi connectivity index (χ3v) is 6.40. The van der Waals surface area contributed by atoms with E-state index in [1.54, 1.807) is 0 Å². The highest BCUT2D eigenvalue weighted by Gasteiger charge is 2.52. The first-order valence-electron chi connectivity index (χ1n) is 9.06. The smallest absolute Gasteiger partial charge is 0.167 e. The molecule has 0 unspecified atom stereocenters. The number of benzene rings is 1. The Labute approximate surface area is 154 Å². The Kier molecular flexibility index (Phi) is 4.15. The summed E-state index contributed by atoms with van der Waals surface area (Å²) in [6.07, 6.45) is 1.98. The summed E-state index contributed by atoms with van der Waals surface area (Å²) in [5, 5.41) is 32.1. The summed E-state index contributed by atoms with van der Waals surface area (Å²) in [5.41, 5.74) is -0.336. The topological polar surface area (TPSA) is 87.0 Å². The molecule has 0 saturated heterocycles. The first-order valence-corrected chi connectivity index (χ1v) is 9.06. The molecule has 1 aromatic rings. The average Bonchev–Trinajstić information content (AvgIpc) is 2.52. The van der Waals surface area contributed by atoms with Gasteiger partial charge in [0.05, 0.1) is 23.8 Å². The molecule has 0 radical (unpaired) electrons. The fraction of sp³-hybridized carbons (Fsp3) is 0.571. The zero-order valence-corrected chi connectivity index (χ0v) is 16.1. The molecule has 3 atom stereocenters. The van der Waals surface area contributed by atoms with Crippen LogP contribution in [0.2, 0.25) is 0 Å². The lowest BCUT2D eigenvalue weighted by atomic mass is 9.54. The number of Topliss-reactive ketones (excluding diaryl/α,β-unsaturated/α-hetero) is 1. The highest BCUT2D eigenvalue weighted by Crippen LogP contribution is 2.60. The van der Waals surface area contributed by atoms with E-state index in [2.05, 4.69) is 13.5 Å². The van der Waals surface area contributed by atoms with Crippen molar-refractivity contribution >= 4 is 5.78 Å². The van der Waals surface area contributed by atoms with Gasteiger partial charge in [-0.2, -0.15) is 0 Å². The number of ether oxygens (including phenoxy) is 1. The van der Waals surface area contributed by atoms with Gasteiger partial charge in [-0.05, 0) is 38.5 Å². The highest BCUT2D eigenvalue weighted by molar-refractivity contribution is 6.04. The van der Waals surface area contributed by atoms with E-state index >= 15 is 0 Å². The maximum atomic E-state index is 13.0. The standard InChI is InChI=1S/C21H28O5/c1-10-7-8-21(5)12(11(10)2)9-13(22)14-15(21)19(26-6)18(24)16(17(14)23)20(3,4)25/h10,12,23-25H,2,7-9H2,1,3-6H3/t10-,12+,21-/m1/s1. The summed E-state index contributed by atoms with van der Waals surface area (Å²) in [6, 6.07) is 0. The molecule has 0 aromatic heterocycles. The molecule has 2 aliphatic rings. The van der Waals surface area contributed by atoms with Crippen molar-refractivity contribution in [3.63, 3.8) is 0 Å². The SMILES string of the molecule is C=C1[C@H](C)CC[C@@]2(C)c3c(OC)c(O)c(C(C)(C)O)c(O)c3C(=O)C[C@@H]12. The molecule has 5 nitrogen and oxygen atoms in total. The average molecular weight is 360 g/mol. The van der Waals surface area contributed by atoms with Gasteiger partial charge in [-0.25, -0.2) is 0 Å². The van der Waals surface area contributed by atoms with Crippen molar-refractivity contribution in [3.05, 3.63) is 28.8 Å². The van der Waals surface area contributed by atoms with Gasteiger partial charge in [0.25, 0.3) is 0 Å². The number of ketones is 1. The van der Waals surface area contributed by atoms with Gasteiger partial charge in [0.15, 0.2) is 17.3 Å². The van der Waals surface area contributed by atoms with Crippen LogP contribution in [0, 0.1) is 11.8 Å². The highest BCUT2D eigenvalue weighted by atomic mass is 16.5. The van der Waals surface area contributed by atoms with Gasteiger partial charge < -0.3 is 20.1 Å². The molecule has 0 bridgehead atoms. The molecule has 1 saturated carbocycles. The Morgan fingerprint density at radius 2 is 1.88 bits per heavy atom. The predicted octanol–water partition coefficient (Wildman–Crippen LogP) is 3.78. The van der Waals surface area contributed by atoms with Crippen molar-refractivity contribution in [1.29, 1.82) is 0 Å². The molecule has 2 aliphatic carbocycles. The molecular weight excluding hydrogens is 332 g/mol. The number of phenols is 2. The fourth-order valence-corrected chi connectivity index (χ4v) is 4.87. The van der Waals surface area contributed by atoms with Crippen LogP contribution in [0.4, 0.5) is 0 Å². The third kappa shape index (κ3) is 2.37. The zero-order valence-electron chi connectivity index (χ0n) is 16.1. The lowest BCUT2D eigenvalue weighted by Crippen LogP contribution is -2.45. The minimum Gasteiger partial charge on any atom is -0.507 e. The second kappa shape index (κ2) is 5.74. The van der Waals surface area contributed by atoms with Crippen LogP contribution in [0.25, 0.3) is 0 Å². The zero-order chi connectivity index (χ0) is 19.6. The molecule has 142 valence electrons. The van der Waals surface area contributed by atoms with Crippen molar-refractivity contribution in [2.75, 3.05) is 7.11 Å². The van der Waals surface area contributed by atoms with Crippen LogP contribution in [-0.4, -0.2) is 28.2 Å². The van der Waals surface area contributed by atoms with Gasteiger partial charge in [0.1, 0.15) is 5.75 Å². The summed E-state index contributed by atoms with van der Waals surface area (Å²) in [6.45, 7) is 11.3. The van der Waals surface area contributed by atoms with E-state index in [1.807, 2.05) is 6.92 Å². The van der Waals surface area contributed by atoms with E-state index in [9.17, 15) is 20.1 Å². The van der Waals surface area contributed by atoms with Gasteiger partial charge in [-0.1, -0.05) is 26.0 Å². The van der Waals surface area contributed by atoms with Crippen molar-refractivity contribution in [2.45, 2.75) is 58.0 Å². The number of hydrogen-bond acceptors (Lipinski definition) is 5. The number of aliphatic hydroxyl groups is 1. The number of carbonyl (C=O) groups is 1. The molecule has 5 heteroatoms. The third-order valence-electron chi connectivity index (χ3n) is 6.40. The Morgan fingerprint density at radius 3 is 2.42 bits per heavy atom. The summed E-state index contributed by atoms with van der Waals surface area (Å²) in [7, 11) is 1.43. The maximum Gasteiger partial charge on any atom is 0.167 e. The number of aromatic hydroxyl groups is 2. The van der Waals surface area contributed by atoms with Crippen LogP contribution in [0.15, 0.2) is 12.2 Å². The van der Waals surface area contributed by atoms with Gasteiger partial charge in [0.2, 0.25) is 0 Å². The van der Waals surface area contributed by atoms with Gasteiger partial charge in [0, 0.05) is 17.4 Å². The second-order valence-corrected chi connectivity index (χ2v) is 8.53. The Balaban J connectivity index is 2.40. The van der Waals surface area contributed by atoms with E-state index in [0.717, 1.165) is 18.4 Å². The molecule has 0 heterocycles. The molecule has 26 heavy (non-hydrogen) atoms. The fourth-order valence-electron chi connectivity index (χ4n) is 4.87. The van der Waals surface area contributed by atoms with E-state index in [0.29, 0.717) is 11.5 Å². The second-order valence-electron chi connectivity index (χ2n) is 8.53. The van der Waals surface area contributed by atoms with Crippen LogP contribution in [0.1, 0.15) is 68.4 Å². The van der Waals surface area contributed by atoms with Gasteiger partial charge in [-0.15, -0.1) is 0 Å². The van der Waals surface area contributed by atoms with Crippen LogP contribution >= 0.6 is 0 Å². The molecular formula is C21H28O5. The molecule has 3 rings (SSSR count). The minimum atomic E-state index is -1.53. The maximum absolute atomic E-state index is 13.0. The summed E-state index contributed by atoms with van der Waals surface area (Å²) in [5.74, 6) is -0.440. The van der Waals surface area contributed by atoms with Crippen molar-refractivity contribution in [2.24, 2.45) is 11.8 Å². The quantitative estimate of drug-likeness (QED) is 0.699. The largest absolute Gasteiger partial charge is 0.507 e. The number of allylic oxidation sites excluding steroid dienone is 1. The number of phenolic OH excluding ortho intramolecular Hbond substituents is 2. The van der Waals surface area contributed by atoms with Crippen molar-refractivity contribution < 1.29 is 24.9 Å². The van der Waals surface area contributed by atoms with Gasteiger partial charge >= 0.3 is 0 Å². The number of methoxy groups -OCH3 is 1. The molecule has 3 N–H and O–H groups in total. The number of carbonyl (C=O) groups excluding carboxylic acids is 1. The Bertz CT molecular complexity index is 802. The van der Waals surface area contributed by atoms with Crippen molar-refractivity contribution in [3.8, 4) is 17.2 Å². The van der Waals surface area contributed by atoms with Gasteiger partial charge in [-0.3, -0.25) is 4.79 Å². The van der Waals surface area contributed by atoms with Crippen LogP contribution in [0.5, 0.6) is 17.2 Å². The van der Waals surface area contributed by atoms with Crippen LogP contribution < -0.4 is 4.74 Å². The molecule has 0 amide bonds. The number of hydrogen-bond donors (Lipinski definition) is 3. The van der Waals surface area contributed by atoms with Crippen LogP contribution in [-0.2, 0) is 11.0 Å².